The normalized spacial score (nSPS) is 22.4. The summed E-state index contributed by atoms with van der Waals surface area (Å²) in [7, 11) is 1.49. The third-order valence-electron chi connectivity index (χ3n) is 3.75. The van der Waals surface area contributed by atoms with E-state index >= 15 is 0 Å². The van der Waals surface area contributed by atoms with Gasteiger partial charge in [0.15, 0.2) is 0 Å². The summed E-state index contributed by atoms with van der Waals surface area (Å²) in [5.74, 6) is 6.77. The Balaban J connectivity index is 1.98. The van der Waals surface area contributed by atoms with Crippen LogP contribution < -0.4 is 21.3 Å². The number of aliphatic hydroxyl groups is 1. The Bertz CT molecular complexity index is 408. The number of anilines is 2. The monoisotopic (exact) mass is 282 g/mol. The summed E-state index contributed by atoms with van der Waals surface area (Å²) in [6.07, 6.45) is 4.60. The number of hydrazine groups is 1. The lowest BCUT2D eigenvalue weighted by Gasteiger charge is -2.30. The first-order valence-corrected chi connectivity index (χ1v) is 6.88. The predicted octanol–water partition coefficient (Wildman–Crippen LogP) is 0.376. The molecular formula is C12H22N6O2. The maximum Gasteiger partial charge on any atom is 0.322 e. The number of hydrogen-bond donors (Lipinski definition) is 4. The molecule has 0 amide bonds. The molecule has 0 aromatic carbocycles. The Morgan fingerprint density at radius 1 is 1.20 bits per heavy atom. The highest BCUT2D eigenvalue weighted by molar-refractivity contribution is 5.34. The number of aliphatic hydroxyl groups excluding tert-OH is 1. The molecule has 8 heteroatoms. The van der Waals surface area contributed by atoms with E-state index in [4.69, 9.17) is 10.6 Å². The Labute approximate surface area is 118 Å². The van der Waals surface area contributed by atoms with E-state index in [1.807, 2.05) is 0 Å². The van der Waals surface area contributed by atoms with Crippen molar-refractivity contribution in [3.63, 3.8) is 0 Å². The Hall–Kier alpha value is -1.67. The summed E-state index contributed by atoms with van der Waals surface area (Å²) in [4.78, 5) is 12.2. The topological polar surface area (TPSA) is 118 Å². The molecule has 1 aliphatic rings. The fourth-order valence-corrected chi connectivity index (χ4v) is 2.61. The van der Waals surface area contributed by atoms with Gasteiger partial charge in [0.25, 0.3) is 0 Å². The summed E-state index contributed by atoms with van der Waals surface area (Å²) >= 11 is 0. The fourth-order valence-electron chi connectivity index (χ4n) is 2.61. The molecule has 1 aliphatic carbocycles. The number of aromatic nitrogens is 3. The van der Waals surface area contributed by atoms with Crippen LogP contribution in [0.5, 0.6) is 6.01 Å². The summed E-state index contributed by atoms with van der Waals surface area (Å²) < 4.78 is 4.99. The third kappa shape index (κ3) is 3.67. The van der Waals surface area contributed by atoms with Crippen LogP contribution >= 0.6 is 0 Å². The van der Waals surface area contributed by atoms with Crippen LogP contribution in [0.25, 0.3) is 0 Å². The number of rotatable bonds is 6. The van der Waals surface area contributed by atoms with Gasteiger partial charge in [-0.2, -0.15) is 15.0 Å². The minimum Gasteiger partial charge on any atom is -0.467 e. The second-order valence-corrected chi connectivity index (χ2v) is 4.98. The highest BCUT2D eigenvalue weighted by Gasteiger charge is 2.24. The summed E-state index contributed by atoms with van der Waals surface area (Å²) in [5, 5.41) is 12.6. The molecule has 0 spiro atoms. The van der Waals surface area contributed by atoms with Crippen LogP contribution in [0.1, 0.15) is 25.7 Å². The number of nitrogens with two attached hydrogens (primary N) is 1. The van der Waals surface area contributed by atoms with Gasteiger partial charge >= 0.3 is 6.01 Å². The van der Waals surface area contributed by atoms with E-state index in [2.05, 4.69) is 25.7 Å². The smallest absolute Gasteiger partial charge is 0.322 e. The van der Waals surface area contributed by atoms with Crippen LogP contribution in [0.2, 0.25) is 0 Å². The molecule has 2 unspecified atom stereocenters. The van der Waals surface area contributed by atoms with Gasteiger partial charge in [-0.25, -0.2) is 5.84 Å². The van der Waals surface area contributed by atoms with Crippen molar-refractivity contribution in [3.05, 3.63) is 0 Å². The first-order chi connectivity index (χ1) is 9.76. The molecule has 1 aromatic rings. The number of hydrogen-bond acceptors (Lipinski definition) is 8. The number of nitrogen functional groups attached to an aromatic ring is 1. The first-order valence-electron chi connectivity index (χ1n) is 6.88. The van der Waals surface area contributed by atoms with Crippen LogP contribution in [0.3, 0.4) is 0 Å². The zero-order valence-corrected chi connectivity index (χ0v) is 11.7. The van der Waals surface area contributed by atoms with Crippen LogP contribution in [-0.4, -0.2) is 40.3 Å². The summed E-state index contributed by atoms with van der Waals surface area (Å²) in [5.41, 5.74) is 2.38. The van der Waals surface area contributed by atoms with Crippen molar-refractivity contribution in [3.8, 4) is 6.01 Å². The number of nitrogens with one attached hydrogen (secondary N) is 2. The standard InChI is InChI=1S/C12H22N6O2/c1-20-12-16-10(15-11(17-12)18-13)14-6-8-4-2-3-5-9(8)7-19/h8-9,19H,2-7,13H2,1H3,(H2,14,15,16,17,18). The second-order valence-electron chi connectivity index (χ2n) is 4.98. The van der Waals surface area contributed by atoms with Gasteiger partial charge < -0.3 is 15.2 Å². The van der Waals surface area contributed by atoms with Gasteiger partial charge in [0.2, 0.25) is 11.9 Å². The molecule has 0 radical (unpaired) electrons. The van der Waals surface area contributed by atoms with Crippen LogP contribution in [0, 0.1) is 11.8 Å². The maximum atomic E-state index is 9.41. The second kappa shape index (κ2) is 7.20. The largest absolute Gasteiger partial charge is 0.467 e. The molecule has 1 heterocycles. The molecular weight excluding hydrogens is 260 g/mol. The van der Waals surface area contributed by atoms with Gasteiger partial charge in [-0.3, -0.25) is 5.43 Å². The molecule has 0 saturated heterocycles. The quantitative estimate of drug-likeness (QED) is 0.437. The number of methoxy groups -OCH3 is 1. The Morgan fingerprint density at radius 3 is 2.55 bits per heavy atom. The van der Waals surface area contributed by atoms with Crippen molar-refractivity contribution in [1.29, 1.82) is 0 Å². The van der Waals surface area contributed by atoms with Crippen molar-refractivity contribution in [2.75, 3.05) is 31.0 Å². The average molecular weight is 282 g/mol. The van der Waals surface area contributed by atoms with E-state index in [1.165, 1.54) is 20.0 Å². The average Bonchev–Trinajstić information content (AvgIpc) is 2.52. The molecule has 112 valence electrons. The van der Waals surface area contributed by atoms with Gasteiger partial charge in [-0.15, -0.1) is 0 Å². The number of ether oxygens (including phenoxy) is 1. The van der Waals surface area contributed by atoms with E-state index in [0.717, 1.165) is 19.4 Å². The molecule has 2 rings (SSSR count). The van der Waals surface area contributed by atoms with Gasteiger partial charge in [0.05, 0.1) is 7.11 Å². The van der Waals surface area contributed by atoms with E-state index in [1.54, 1.807) is 0 Å². The van der Waals surface area contributed by atoms with E-state index in [9.17, 15) is 5.11 Å². The summed E-state index contributed by atoms with van der Waals surface area (Å²) in [6.45, 7) is 0.963. The molecule has 20 heavy (non-hydrogen) atoms. The lowest BCUT2D eigenvalue weighted by Crippen LogP contribution is -2.29. The lowest BCUT2D eigenvalue weighted by atomic mass is 9.80. The van der Waals surface area contributed by atoms with Gasteiger partial charge in [-0.1, -0.05) is 12.8 Å². The third-order valence-corrected chi connectivity index (χ3v) is 3.75. The summed E-state index contributed by atoms with van der Waals surface area (Å²) in [6, 6.07) is 0.206. The van der Waals surface area contributed by atoms with E-state index in [-0.39, 0.29) is 18.6 Å². The van der Waals surface area contributed by atoms with Crippen LogP contribution in [0.4, 0.5) is 11.9 Å². The molecule has 2 atom stereocenters. The lowest BCUT2D eigenvalue weighted by molar-refractivity contribution is 0.141. The first kappa shape index (κ1) is 14.7. The Morgan fingerprint density at radius 2 is 1.90 bits per heavy atom. The molecule has 5 N–H and O–H groups in total. The molecule has 1 fully saturated rings. The molecule has 1 aromatic heterocycles. The van der Waals surface area contributed by atoms with Crippen LogP contribution in [0.15, 0.2) is 0 Å². The highest BCUT2D eigenvalue weighted by Crippen LogP contribution is 2.29. The maximum absolute atomic E-state index is 9.41. The van der Waals surface area contributed by atoms with Crippen molar-refractivity contribution in [2.24, 2.45) is 17.7 Å². The van der Waals surface area contributed by atoms with Gasteiger partial charge in [0, 0.05) is 13.2 Å². The van der Waals surface area contributed by atoms with Crippen LogP contribution in [-0.2, 0) is 0 Å². The van der Waals surface area contributed by atoms with E-state index < -0.39 is 0 Å². The number of nitrogens with zero attached hydrogens (tertiary/aromatic N) is 3. The van der Waals surface area contributed by atoms with E-state index in [0.29, 0.717) is 17.8 Å². The minimum absolute atomic E-state index is 0.206. The van der Waals surface area contributed by atoms with Gasteiger partial charge in [-0.05, 0) is 24.7 Å². The Kier molecular flexibility index (Phi) is 5.31. The fraction of sp³-hybridized carbons (Fsp3) is 0.750. The minimum atomic E-state index is 0.206. The van der Waals surface area contributed by atoms with Crippen molar-refractivity contribution < 1.29 is 9.84 Å². The SMILES string of the molecule is COc1nc(NN)nc(NCC2CCCCC2CO)n1. The van der Waals surface area contributed by atoms with Crippen molar-refractivity contribution in [1.82, 2.24) is 15.0 Å². The molecule has 8 nitrogen and oxygen atoms in total. The van der Waals surface area contributed by atoms with Crippen molar-refractivity contribution in [2.45, 2.75) is 25.7 Å². The van der Waals surface area contributed by atoms with Gasteiger partial charge in [0.1, 0.15) is 0 Å². The highest BCUT2D eigenvalue weighted by atomic mass is 16.5. The zero-order chi connectivity index (χ0) is 14.4. The molecule has 0 bridgehead atoms. The molecule has 1 saturated carbocycles. The molecule has 0 aliphatic heterocycles. The predicted molar refractivity (Wildman–Crippen MR) is 75.2 cm³/mol. The zero-order valence-electron chi connectivity index (χ0n) is 11.7. The van der Waals surface area contributed by atoms with Crippen molar-refractivity contribution >= 4 is 11.9 Å².